The molecule has 3 N–H and O–H groups in total. The van der Waals surface area contributed by atoms with Gasteiger partial charge in [-0.2, -0.15) is 0 Å². The minimum atomic E-state index is -0.136. The molecule has 7 nitrogen and oxygen atoms in total. The summed E-state index contributed by atoms with van der Waals surface area (Å²) in [5.74, 6) is 1.96. The number of benzene rings is 1. The highest BCUT2D eigenvalue weighted by molar-refractivity contribution is 14.0. The summed E-state index contributed by atoms with van der Waals surface area (Å²) in [4.78, 5) is 16.4. The van der Waals surface area contributed by atoms with Crippen LogP contribution < -0.4 is 20.7 Å². The number of rotatable bonds is 8. The van der Waals surface area contributed by atoms with Crippen molar-refractivity contribution in [2.75, 3.05) is 20.2 Å². The molecule has 0 bridgehead atoms. The predicted octanol–water partition coefficient (Wildman–Crippen LogP) is 2.28. The van der Waals surface area contributed by atoms with Gasteiger partial charge in [-0.05, 0) is 36.8 Å². The zero-order valence-electron chi connectivity index (χ0n) is 15.0. The number of hydrogen-bond acceptors (Lipinski definition) is 4. The molecule has 0 unspecified atom stereocenters. The van der Waals surface area contributed by atoms with Crippen LogP contribution in [0.1, 0.15) is 18.2 Å². The average molecular weight is 472 g/mol. The summed E-state index contributed by atoms with van der Waals surface area (Å²) in [5, 5.41) is 8.91. The third-order valence-electron chi connectivity index (χ3n) is 3.35. The van der Waals surface area contributed by atoms with Gasteiger partial charge in [-0.15, -0.1) is 24.0 Å². The molecule has 8 heteroatoms. The first-order valence-corrected chi connectivity index (χ1v) is 8.15. The molecular weight excluding hydrogens is 447 g/mol. The van der Waals surface area contributed by atoms with E-state index in [4.69, 9.17) is 9.15 Å². The van der Waals surface area contributed by atoms with Crippen LogP contribution in [0.2, 0.25) is 0 Å². The van der Waals surface area contributed by atoms with E-state index in [9.17, 15) is 4.79 Å². The topological polar surface area (TPSA) is 87.9 Å². The quantitative estimate of drug-likeness (QED) is 0.312. The van der Waals surface area contributed by atoms with Crippen LogP contribution in [0.5, 0.6) is 5.75 Å². The summed E-state index contributed by atoms with van der Waals surface area (Å²) in [6.07, 6.45) is 1.58. The molecule has 2 rings (SSSR count). The minimum Gasteiger partial charge on any atom is -0.497 e. The third kappa shape index (κ3) is 7.77. The summed E-state index contributed by atoms with van der Waals surface area (Å²) < 4.78 is 10.4. The molecule has 1 aromatic carbocycles. The number of methoxy groups -OCH3 is 1. The smallest absolute Gasteiger partial charge is 0.239 e. The second-order valence-electron chi connectivity index (χ2n) is 5.26. The number of aliphatic imine (C=N–C) groups is 1. The fourth-order valence-corrected chi connectivity index (χ4v) is 2.11. The maximum Gasteiger partial charge on any atom is 0.239 e. The average Bonchev–Trinajstić information content (AvgIpc) is 3.16. The van der Waals surface area contributed by atoms with Gasteiger partial charge < -0.3 is 25.1 Å². The van der Waals surface area contributed by atoms with E-state index in [0.29, 0.717) is 31.4 Å². The zero-order valence-corrected chi connectivity index (χ0v) is 17.3. The molecule has 26 heavy (non-hydrogen) atoms. The number of hydrogen-bond donors (Lipinski definition) is 3. The highest BCUT2D eigenvalue weighted by atomic mass is 127. The number of carbonyl (C=O) groups is 1. The highest BCUT2D eigenvalue weighted by Gasteiger charge is 2.05. The number of amides is 1. The zero-order chi connectivity index (χ0) is 17.9. The standard InChI is InChI=1S/C18H24N4O3.HI/c1-3-19-18(21-11-14-6-4-7-15(10-14)24-2)22-13-17(23)20-12-16-8-5-9-25-16;/h4-10H,3,11-13H2,1-2H3,(H,20,23)(H2,19,21,22);1H. The molecule has 1 aromatic heterocycles. The maximum absolute atomic E-state index is 11.9. The van der Waals surface area contributed by atoms with E-state index in [1.165, 1.54) is 0 Å². The first-order valence-electron chi connectivity index (χ1n) is 8.15. The number of carbonyl (C=O) groups excluding carboxylic acids is 1. The van der Waals surface area contributed by atoms with E-state index in [2.05, 4.69) is 20.9 Å². The summed E-state index contributed by atoms with van der Waals surface area (Å²) in [5.41, 5.74) is 1.03. The Kier molecular flexibility index (Phi) is 10.2. The Morgan fingerprint density at radius 1 is 1.19 bits per heavy atom. The lowest BCUT2D eigenvalue weighted by atomic mass is 10.2. The molecule has 0 saturated heterocycles. The number of nitrogens with one attached hydrogen (secondary N) is 3. The summed E-state index contributed by atoms with van der Waals surface area (Å²) in [6.45, 7) is 3.66. The first kappa shape index (κ1) is 21.8. The largest absolute Gasteiger partial charge is 0.497 e. The molecule has 0 aliphatic rings. The van der Waals surface area contributed by atoms with Gasteiger partial charge in [-0.3, -0.25) is 4.79 Å². The SMILES string of the molecule is CCNC(=NCc1cccc(OC)c1)NCC(=O)NCc1ccco1.I. The molecule has 0 spiro atoms. The van der Waals surface area contributed by atoms with Crippen molar-refractivity contribution in [1.82, 2.24) is 16.0 Å². The molecule has 0 aliphatic heterocycles. The summed E-state index contributed by atoms with van der Waals surface area (Å²) in [6, 6.07) is 11.3. The van der Waals surface area contributed by atoms with Gasteiger partial charge >= 0.3 is 0 Å². The van der Waals surface area contributed by atoms with Gasteiger partial charge in [0.25, 0.3) is 0 Å². The van der Waals surface area contributed by atoms with Crippen molar-refractivity contribution >= 4 is 35.8 Å². The summed E-state index contributed by atoms with van der Waals surface area (Å²) in [7, 11) is 1.63. The highest BCUT2D eigenvalue weighted by Crippen LogP contribution is 2.13. The van der Waals surface area contributed by atoms with Crippen LogP contribution in [0.15, 0.2) is 52.1 Å². The Morgan fingerprint density at radius 3 is 2.73 bits per heavy atom. The molecule has 0 aliphatic carbocycles. The third-order valence-corrected chi connectivity index (χ3v) is 3.35. The van der Waals surface area contributed by atoms with Gasteiger partial charge in [-0.25, -0.2) is 4.99 Å². The molecule has 0 saturated carbocycles. The molecule has 0 atom stereocenters. The van der Waals surface area contributed by atoms with Crippen molar-refractivity contribution in [2.24, 2.45) is 4.99 Å². The lowest BCUT2D eigenvalue weighted by molar-refractivity contribution is -0.120. The Balaban J connectivity index is 0.00000338. The fourth-order valence-electron chi connectivity index (χ4n) is 2.11. The van der Waals surface area contributed by atoms with Crippen LogP contribution in [0.3, 0.4) is 0 Å². The van der Waals surface area contributed by atoms with Crippen LogP contribution in [0.25, 0.3) is 0 Å². The van der Waals surface area contributed by atoms with E-state index in [-0.39, 0.29) is 36.4 Å². The van der Waals surface area contributed by atoms with Crippen LogP contribution in [-0.4, -0.2) is 32.1 Å². The van der Waals surface area contributed by atoms with Gasteiger partial charge in [0.05, 0.1) is 33.0 Å². The van der Waals surface area contributed by atoms with Crippen molar-refractivity contribution in [2.45, 2.75) is 20.0 Å². The second kappa shape index (κ2) is 12.2. The van der Waals surface area contributed by atoms with Crippen molar-refractivity contribution in [3.63, 3.8) is 0 Å². The van der Waals surface area contributed by atoms with Crippen LogP contribution in [0.4, 0.5) is 0 Å². The number of furan rings is 1. The van der Waals surface area contributed by atoms with E-state index in [1.807, 2.05) is 37.3 Å². The normalized spacial score (nSPS) is 10.6. The van der Waals surface area contributed by atoms with E-state index in [0.717, 1.165) is 11.3 Å². The Morgan fingerprint density at radius 2 is 2.04 bits per heavy atom. The van der Waals surface area contributed by atoms with Crippen molar-refractivity contribution < 1.29 is 13.9 Å². The maximum atomic E-state index is 11.9. The molecule has 0 fully saturated rings. The lowest BCUT2D eigenvalue weighted by Crippen LogP contribution is -2.43. The van der Waals surface area contributed by atoms with Gasteiger partial charge in [0, 0.05) is 6.54 Å². The lowest BCUT2D eigenvalue weighted by Gasteiger charge is -2.11. The summed E-state index contributed by atoms with van der Waals surface area (Å²) >= 11 is 0. The van der Waals surface area contributed by atoms with Gasteiger partial charge in [-0.1, -0.05) is 12.1 Å². The van der Waals surface area contributed by atoms with Crippen molar-refractivity contribution in [3.05, 3.63) is 54.0 Å². The van der Waals surface area contributed by atoms with Crippen molar-refractivity contribution in [1.29, 1.82) is 0 Å². The Hall–Kier alpha value is -2.23. The second-order valence-corrected chi connectivity index (χ2v) is 5.26. The Labute approximate surface area is 170 Å². The van der Waals surface area contributed by atoms with Crippen LogP contribution >= 0.6 is 24.0 Å². The molecule has 0 radical (unpaired) electrons. The first-order chi connectivity index (χ1) is 12.2. The molecule has 1 heterocycles. The van der Waals surface area contributed by atoms with Gasteiger partial charge in [0.15, 0.2) is 5.96 Å². The van der Waals surface area contributed by atoms with Gasteiger partial charge in [0.2, 0.25) is 5.91 Å². The molecular formula is C18H25IN4O3. The van der Waals surface area contributed by atoms with E-state index >= 15 is 0 Å². The monoisotopic (exact) mass is 472 g/mol. The van der Waals surface area contributed by atoms with E-state index < -0.39 is 0 Å². The van der Waals surface area contributed by atoms with Crippen LogP contribution in [0, 0.1) is 0 Å². The number of ether oxygens (including phenoxy) is 1. The number of nitrogens with zero attached hydrogens (tertiary/aromatic N) is 1. The van der Waals surface area contributed by atoms with Crippen molar-refractivity contribution in [3.8, 4) is 5.75 Å². The van der Waals surface area contributed by atoms with Crippen LogP contribution in [-0.2, 0) is 17.9 Å². The number of guanidine groups is 1. The Bertz CT molecular complexity index is 690. The van der Waals surface area contributed by atoms with E-state index in [1.54, 1.807) is 19.4 Å². The van der Waals surface area contributed by atoms with Gasteiger partial charge in [0.1, 0.15) is 11.5 Å². The fraction of sp³-hybridized carbons (Fsp3) is 0.333. The predicted molar refractivity (Wildman–Crippen MR) is 112 cm³/mol. The molecule has 2 aromatic rings. The molecule has 1 amide bonds. The molecule has 142 valence electrons. The number of halogens is 1. The minimum absolute atomic E-state index is 0.